The summed E-state index contributed by atoms with van der Waals surface area (Å²) in [5.74, 6) is 0.668. The van der Waals surface area contributed by atoms with Crippen LogP contribution in [0.1, 0.15) is 44.1 Å². The summed E-state index contributed by atoms with van der Waals surface area (Å²) in [6.45, 7) is 5.23. The van der Waals surface area contributed by atoms with E-state index < -0.39 is 9.84 Å². The van der Waals surface area contributed by atoms with Crippen molar-refractivity contribution in [3.05, 3.63) is 66.2 Å². The zero-order valence-electron chi connectivity index (χ0n) is 16.3. The van der Waals surface area contributed by atoms with Gasteiger partial charge in [0.25, 0.3) is 0 Å². The molecular formula is C23H31NO2S. The van der Waals surface area contributed by atoms with Crippen molar-refractivity contribution >= 4 is 9.84 Å². The third-order valence-corrected chi connectivity index (χ3v) is 7.52. The molecule has 27 heavy (non-hydrogen) atoms. The van der Waals surface area contributed by atoms with Gasteiger partial charge in [-0.05, 0) is 55.5 Å². The lowest BCUT2D eigenvalue weighted by Crippen LogP contribution is -2.42. The second-order valence-electron chi connectivity index (χ2n) is 7.67. The van der Waals surface area contributed by atoms with Crippen molar-refractivity contribution in [2.45, 2.75) is 43.4 Å². The van der Waals surface area contributed by atoms with Gasteiger partial charge in [0, 0.05) is 6.54 Å². The lowest BCUT2D eigenvalue weighted by atomic mass is 9.81. The van der Waals surface area contributed by atoms with Gasteiger partial charge in [0.1, 0.15) is 0 Å². The highest BCUT2D eigenvalue weighted by Crippen LogP contribution is 2.35. The van der Waals surface area contributed by atoms with Gasteiger partial charge in [0.15, 0.2) is 9.84 Å². The molecule has 4 heteroatoms. The maximum Gasteiger partial charge on any atom is 0.178 e. The van der Waals surface area contributed by atoms with E-state index in [0.717, 1.165) is 26.1 Å². The average molecular weight is 386 g/mol. The molecule has 0 bridgehead atoms. The molecule has 1 saturated heterocycles. The standard InChI is InChI=1S/C23H31NO2S/c1-2-3-10-16-24-17-15-23(20-11-6-4-7-12-20)21(18-24)19-27(25,26)22-13-8-5-9-14-22/h4-9,11-14,21,23H,2-3,10,15-19H2,1H3/t21-,23-/m0/s1. The Morgan fingerprint density at radius 3 is 2.30 bits per heavy atom. The highest BCUT2D eigenvalue weighted by atomic mass is 32.2. The van der Waals surface area contributed by atoms with E-state index in [1.807, 2.05) is 12.1 Å². The SMILES string of the molecule is CCCCCN1CC[C@@H](c2ccccc2)[C@H](CS(=O)(=O)c2ccccc2)C1. The molecule has 1 heterocycles. The van der Waals surface area contributed by atoms with Crippen LogP contribution in [0.15, 0.2) is 65.6 Å². The Kier molecular flexibility index (Phi) is 7.08. The molecule has 0 aliphatic carbocycles. The largest absolute Gasteiger partial charge is 0.303 e. The molecular weight excluding hydrogens is 354 g/mol. The number of hydrogen-bond donors (Lipinski definition) is 0. The number of nitrogens with zero attached hydrogens (tertiary/aromatic N) is 1. The van der Waals surface area contributed by atoms with E-state index in [2.05, 4.69) is 36.1 Å². The summed E-state index contributed by atoms with van der Waals surface area (Å²) in [5, 5.41) is 0. The molecule has 146 valence electrons. The number of sulfone groups is 1. The molecule has 0 N–H and O–H groups in total. The lowest BCUT2D eigenvalue weighted by molar-refractivity contribution is 0.162. The summed E-state index contributed by atoms with van der Waals surface area (Å²) in [6.07, 6.45) is 4.69. The third-order valence-electron chi connectivity index (χ3n) is 5.66. The van der Waals surface area contributed by atoms with E-state index in [1.165, 1.54) is 24.8 Å². The van der Waals surface area contributed by atoms with Gasteiger partial charge in [-0.25, -0.2) is 8.42 Å². The maximum absolute atomic E-state index is 13.0. The van der Waals surface area contributed by atoms with Crippen molar-refractivity contribution in [2.75, 3.05) is 25.4 Å². The highest BCUT2D eigenvalue weighted by Gasteiger charge is 2.33. The van der Waals surface area contributed by atoms with Gasteiger partial charge in [0.2, 0.25) is 0 Å². The zero-order chi connectivity index (χ0) is 19.1. The summed E-state index contributed by atoms with van der Waals surface area (Å²) in [7, 11) is -3.28. The van der Waals surface area contributed by atoms with Crippen molar-refractivity contribution in [1.82, 2.24) is 4.90 Å². The fourth-order valence-electron chi connectivity index (χ4n) is 4.21. The molecule has 0 radical (unpaired) electrons. The number of likely N-dealkylation sites (tertiary alicyclic amines) is 1. The molecule has 2 atom stereocenters. The van der Waals surface area contributed by atoms with Crippen LogP contribution in [-0.2, 0) is 9.84 Å². The van der Waals surface area contributed by atoms with Gasteiger partial charge in [-0.1, -0.05) is 68.3 Å². The number of hydrogen-bond acceptors (Lipinski definition) is 3. The van der Waals surface area contributed by atoms with Crippen LogP contribution in [0.25, 0.3) is 0 Å². The Hall–Kier alpha value is -1.65. The van der Waals surface area contributed by atoms with Crippen LogP contribution in [0.2, 0.25) is 0 Å². The summed E-state index contributed by atoms with van der Waals surface area (Å²) < 4.78 is 26.1. The van der Waals surface area contributed by atoms with Crippen LogP contribution in [-0.4, -0.2) is 38.7 Å². The molecule has 1 aliphatic heterocycles. The predicted octanol–water partition coefficient (Wildman–Crippen LogP) is 4.76. The quantitative estimate of drug-likeness (QED) is 0.615. The van der Waals surface area contributed by atoms with E-state index in [1.54, 1.807) is 24.3 Å². The third kappa shape index (κ3) is 5.43. The van der Waals surface area contributed by atoms with E-state index >= 15 is 0 Å². The van der Waals surface area contributed by atoms with Gasteiger partial charge in [-0.3, -0.25) is 0 Å². The lowest BCUT2D eigenvalue weighted by Gasteiger charge is -2.39. The molecule has 3 nitrogen and oxygen atoms in total. The minimum atomic E-state index is -3.28. The molecule has 0 aromatic heterocycles. The maximum atomic E-state index is 13.0. The summed E-state index contributed by atoms with van der Waals surface area (Å²) in [6, 6.07) is 19.4. The predicted molar refractivity (Wildman–Crippen MR) is 112 cm³/mol. The molecule has 1 aliphatic rings. The Bertz CT molecular complexity index is 790. The molecule has 0 spiro atoms. The van der Waals surface area contributed by atoms with E-state index in [9.17, 15) is 8.42 Å². The van der Waals surface area contributed by atoms with Gasteiger partial charge in [0.05, 0.1) is 10.6 Å². The minimum Gasteiger partial charge on any atom is -0.303 e. The fourth-order valence-corrected chi connectivity index (χ4v) is 5.88. The molecule has 2 aromatic carbocycles. The average Bonchev–Trinajstić information content (AvgIpc) is 2.69. The fraction of sp³-hybridized carbons (Fsp3) is 0.478. The monoisotopic (exact) mass is 385 g/mol. The van der Waals surface area contributed by atoms with Gasteiger partial charge >= 0.3 is 0 Å². The Labute approximate surface area is 164 Å². The van der Waals surface area contributed by atoms with Crippen LogP contribution in [0.4, 0.5) is 0 Å². The normalized spacial score (nSPS) is 21.2. The van der Waals surface area contributed by atoms with Crippen molar-refractivity contribution in [3.63, 3.8) is 0 Å². The summed E-state index contributed by atoms with van der Waals surface area (Å²) >= 11 is 0. The van der Waals surface area contributed by atoms with Crippen molar-refractivity contribution < 1.29 is 8.42 Å². The molecule has 1 fully saturated rings. The second-order valence-corrected chi connectivity index (χ2v) is 9.70. The number of piperidine rings is 1. The first-order valence-electron chi connectivity index (χ1n) is 10.2. The van der Waals surface area contributed by atoms with Crippen LogP contribution in [0.5, 0.6) is 0 Å². The molecule has 0 saturated carbocycles. The van der Waals surface area contributed by atoms with Crippen LogP contribution in [0, 0.1) is 5.92 Å². The van der Waals surface area contributed by atoms with Crippen LogP contribution >= 0.6 is 0 Å². The molecule has 3 rings (SSSR count). The summed E-state index contributed by atoms with van der Waals surface area (Å²) in [4.78, 5) is 2.92. The van der Waals surface area contributed by atoms with E-state index in [-0.39, 0.29) is 11.7 Å². The first kappa shape index (κ1) is 20.1. The Morgan fingerprint density at radius 1 is 0.963 bits per heavy atom. The smallest absolute Gasteiger partial charge is 0.178 e. The molecule has 0 unspecified atom stereocenters. The minimum absolute atomic E-state index is 0.132. The van der Waals surface area contributed by atoms with Crippen LogP contribution in [0.3, 0.4) is 0 Å². The second kappa shape index (κ2) is 9.52. The number of rotatable bonds is 8. The molecule has 2 aromatic rings. The topological polar surface area (TPSA) is 37.4 Å². The zero-order valence-corrected chi connectivity index (χ0v) is 17.1. The van der Waals surface area contributed by atoms with Crippen molar-refractivity contribution in [2.24, 2.45) is 5.92 Å². The van der Waals surface area contributed by atoms with E-state index in [0.29, 0.717) is 10.8 Å². The van der Waals surface area contributed by atoms with Gasteiger partial charge < -0.3 is 4.90 Å². The highest BCUT2D eigenvalue weighted by molar-refractivity contribution is 7.91. The van der Waals surface area contributed by atoms with Crippen molar-refractivity contribution in [3.8, 4) is 0 Å². The summed E-state index contributed by atoms with van der Waals surface area (Å²) in [5.41, 5.74) is 1.28. The Morgan fingerprint density at radius 2 is 1.63 bits per heavy atom. The van der Waals surface area contributed by atoms with Gasteiger partial charge in [-0.15, -0.1) is 0 Å². The number of unbranched alkanes of at least 4 members (excludes halogenated alkanes) is 2. The first-order valence-corrected chi connectivity index (χ1v) is 11.8. The van der Waals surface area contributed by atoms with E-state index in [4.69, 9.17) is 0 Å². The van der Waals surface area contributed by atoms with Crippen molar-refractivity contribution in [1.29, 1.82) is 0 Å². The molecule has 0 amide bonds. The van der Waals surface area contributed by atoms with Crippen LogP contribution < -0.4 is 0 Å². The Balaban J connectivity index is 1.78. The van der Waals surface area contributed by atoms with Gasteiger partial charge in [-0.2, -0.15) is 0 Å². The first-order chi connectivity index (χ1) is 13.1. The number of benzene rings is 2.